The Labute approximate surface area is 152 Å². The number of nitrogens with one attached hydrogen (secondary N) is 1. The van der Waals surface area contributed by atoms with Gasteiger partial charge >= 0.3 is 5.97 Å². The number of benzene rings is 1. The number of hydrogen-bond donors (Lipinski definition) is 2. The molecule has 1 heterocycles. The normalized spacial score (nSPS) is 17.7. The van der Waals surface area contributed by atoms with E-state index in [2.05, 4.69) is 5.32 Å². The molecule has 0 spiro atoms. The van der Waals surface area contributed by atoms with Gasteiger partial charge in [0.2, 0.25) is 5.91 Å². The predicted molar refractivity (Wildman–Crippen MR) is 95.5 cm³/mol. The quantitative estimate of drug-likeness (QED) is 0.825. The summed E-state index contributed by atoms with van der Waals surface area (Å²) in [4.78, 5) is 25.3. The summed E-state index contributed by atoms with van der Waals surface area (Å²) >= 11 is 6.04. The number of carbonyl (C=O) groups is 2. The van der Waals surface area contributed by atoms with Gasteiger partial charge < -0.3 is 15.2 Å². The number of methoxy groups -OCH3 is 1. The lowest BCUT2D eigenvalue weighted by Gasteiger charge is -2.32. The fourth-order valence-electron chi connectivity index (χ4n) is 2.76. The Bertz CT molecular complexity index is 610. The van der Waals surface area contributed by atoms with Crippen LogP contribution in [0.15, 0.2) is 12.1 Å². The van der Waals surface area contributed by atoms with Gasteiger partial charge in [0.05, 0.1) is 19.3 Å². The zero-order valence-corrected chi connectivity index (χ0v) is 15.2. The molecule has 0 radical (unpaired) electrons. The molecule has 0 aliphatic carbocycles. The summed E-state index contributed by atoms with van der Waals surface area (Å²) in [5.41, 5.74) is 1.35. The molecule has 0 aromatic heterocycles. The average Bonchev–Trinajstić information content (AvgIpc) is 2.50. The number of carbonyl (C=O) groups excluding carboxylic acids is 1. The van der Waals surface area contributed by atoms with Crippen molar-refractivity contribution in [3.63, 3.8) is 0 Å². The van der Waals surface area contributed by atoms with E-state index < -0.39 is 12.0 Å². The van der Waals surface area contributed by atoms with E-state index in [9.17, 15) is 14.7 Å². The van der Waals surface area contributed by atoms with Crippen molar-refractivity contribution in [1.29, 1.82) is 0 Å². The minimum Gasteiger partial charge on any atom is -0.495 e. The summed E-state index contributed by atoms with van der Waals surface area (Å²) in [6.45, 7) is 2.49. The van der Waals surface area contributed by atoms with Crippen molar-refractivity contribution in [2.24, 2.45) is 0 Å². The van der Waals surface area contributed by atoms with E-state index in [1.165, 1.54) is 7.11 Å². The molecule has 0 bridgehead atoms. The van der Waals surface area contributed by atoms with Crippen LogP contribution in [0.5, 0.6) is 5.75 Å². The highest BCUT2D eigenvalue weighted by atomic mass is 35.5. The summed E-state index contributed by atoms with van der Waals surface area (Å²) in [7, 11) is 1.50. The second-order valence-electron chi connectivity index (χ2n) is 5.67. The number of piperidine rings is 1. The largest absolute Gasteiger partial charge is 0.495 e. The molecule has 1 aromatic rings. The minimum absolute atomic E-state index is 0. The first-order chi connectivity index (χ1) is 10.9. The van der Waals surface area contributed by atoms with E-state index in [0.717, 1.165) is 18.4 Å². The highest BCUT2D eigenvalue weighted by Crippen LogP contribution is 2.31. The number of hydrogen-bond acceptors (Lipinski definition) is 4. The number of ether oxygens (including phenoxy) is 1. The van der Waals surface area contributed by atoms with E-state index in [1.54, 1.807) is 17.0 Å². The van der Waals surface area contributed by atoms with E-state index in [-0.39, 0.29) is 24.9 Å². The molecule has 1 atom stereocenters. The van der Waals surface area contributed by atoms with Crippen molar-refractivity contribution >= 4 is 41.6 Å². The van der Waals surface area contributed by atoms with Gasteiger partial charge in [-0.1, -0.05) is 18.0 Å². The number of carboxylic acid groups (broad SMARTS) is 1. The van der Waals surface area contributed by atoms with Gasteiger partial charge in [-0.05, 0) is 37.9 Å². The summed E-state index contributed by atoms with van der Waals surface area (Å²) in [5, 5.41) is 12.6. The minimum atomic E-state index is -0.877. The number of nitrogens with zero attached hydrogens (tertiary/aromatic N) is 1. The van der Waals surface area contributed by atoms with Crippen molar-refractivity contribution in [2.45, 2.75) is 32.2 Å². The van der Waals surface area contributed by atoms with Crippen molar-refractivity contribution in [2.75, 3.05) is 25.5 Å². The zero-order chi connectivity index (χ0) is 17.0. The summed E-state index contributed by atoms with van der Waals surface area (Å²) in [6, 6.07) is 2.79. The Morgan fingerprint density at radius 2 is 2.12 bits per heavy atom. The van der Waals surface area contributed by atoms with E-state index in [4.69, 9.17) is 16.3 Å². The molecule has 1 amide bonds. The van der Waals surface area contributed by atoms with E-state index in [0.29, 0.717) is 29.4 Å². The molecule has 8 heteroatoms. The van der Waals surface area contributed by atoms with Crippen molar-refractivity contribution in [3.05, 3.63) is 22.7 Å². The van der Waals surface area contributed by atoms with Crippen molar-refractivity contribution < 1.29 is 19.4 Å². The number of rotatable bonds is 5. The predicted octanol–water partition coefficient (Wildman–Crippen LogP) is 2.96. The topological polar surface area (TPSA) is 78.9 Å². The maximum atomic E-state index is 12.3. The third kappa shape index (κ3) is 5.00. The zero-order valence-electron chi connectivity index (χ0n) is 13.7. The van der Waals surface area contributed by atoms with Crippen LogP contribution in [0.2, 0.25) is 5.02 Å². The maximum absolute atomic E-state index is 12.3. The number of aryl methyl sites for hydroxylation is 1. The number of aliphatic carboxylic acids is 1. The summed E-state index contributed by atoms with van der Waals surface area (Å²) in [5.74, 6) is -0.669. The fraction of sp³-hybridized carbons (Fsp3) is 0.500. The SMILES string of the molecule is COc1cc(Cl)c(C)cc1NC(=O)CN1CCCCC1C(=O)O.Cl. The molecule has 6 nitrogen and oxygen atoms in total. The summed E-state index contributed by atoms with van der Waals surface area (Å²) in [6.07, 6.45) is 2.35. The van der Waals surface area contributed by atoms with Crippen LogP contribution in [0.4, 0.5) is 5.69 Å². The molecule has 1 saturated heterocycles. The number of carboxylic acids is 1. The Hall–Kier alpha value is -1.50. The van der Waals surface area contributed by atoms with Crippen LogP contribution < -0.4 is 10.1 Å². The van der Waals surface area contributed by atoms with Crippen molar-refractivity contribution in [3.8, 4) is 5.75 Å². The lowest BCUT2D eigenvalue weighted by atomic mass is 10.0. The molecule has 2 N–H and O–H groups in total. The first-order valence-electron chi connectivity index (χ1n) is 7.53. The van der Waals surface area contributed by atoms with Gasteiger partial charge in [-0.25, -0.2) is 0 Å². The molecule has 134 valence electrons. The van der Waals surface area contributed by atoms with Crippen LogP contribution in [-0.4, -0.2) is 48.1 Å². The molecule has 24 heavy (non-hydrogen) atoms. The molecule has 2 rings (SSSR count). The van der Waals surface area contributed by atoms with Crippen LogP contribution in [0.3, 0.4) is 0 Å². The van der Waals surface area contributed by atoms with Crippen LogP contribution in [0.25, 0.3) is 0 Å². The third-order valence-corrected chi connectivity index (χ3v) is 4.41. The standard InChI is InChI=1S/C16H21ClN2O4.ClH/c1-10-7-12(14(23-2)8-11(10)17)18-15(20)9-19-6-4-3-5-13(19)16(21)22;/h7-8,13H,3-6,9H2,1-2H3,(H,18,20)(H,21,22);1H. The number of amides is 1. The molecular formula is C16H22Cl2N2O4. The molecule has 1 aliphatic heterocycles. The fourth-order valence-corrected chi connectivity index (χ4v) is 2.92. The van der Waals surface area contributed by atoms with Gasteiger partial charge in [0.15, 0.2) is 0 Å². The Morgan fingerprint density at radius 1 is 1.42 bits per heavy atom. The summed E-state index contributed by atoms with van der Waals surface area (Å²) < 4.78 is 5.22. The Morgan fingerprint density at radius 3 is 2.75 bits per heavy atom. The number of likely N-dealkylation sites (tertiary alicyclic amines) is 1. The van der Waals surface area contributed by atoms with Gasteiger partial charge in [-0.2, -0.15) is 0 Å². The van der Waals surface area contributed by atoms with Crippen molar-refractivity contribution in [1.82, 2.24) is 4.90 Å². The van der Waals surface area contributed by atoms with Gasteiger partial charge in [0, 0.05) is 11.1 Å². The second-order valence-corrected chi connectivity index (χ2v) is 6.08. The molecular weight excluding hydrogens is 355 g/mol. The van der Waals surface area contributed by atoms with Gasteiger partial charge in [-0.3, -0.25) is 14.5 Å². The maximum Gasteiger partial charge on any atom is 0.320 e. The van der Waals surface area contributed by atoms with E-state index >= 15 is 0 Å². The molecule has 1 unspecified atom stereocenters. The number of anilines is 1. The molecule has 1 fully saturated rings. The number of halogens is 2. The van der Waals surface area contributed by atoms with Crippen LogP contribution >= 0.6 is 24.0 Å². The highest BCUT2D eigenvalue weighted by molar-refractivity contribution is 6.31. The Kier molecular flexibility index (Phi) is 7.79. The molecule has 0 saturated carbocycles. The first-order valence-corrected chi connectivity index (χ1v) is 7.91. The van der Waals surface area contributed by atoms with Crippen LogP contribution in [0.1, 0.15) is 24.8 Å². The Balaban J connectivity index is 0.00000288. The smallest absolute Gasteiger partial charge is 0.320 e. The van der Waals surface area contributed by atoms with Gasteiger partial charge in [0.25, 0.3) is 0 Å². The lowest BCUT2D eigenvalue weighted by Crippen LogP contribution is -2.47. The first kappa shape index (κ1) is 20.5. The average molecular weight is 377 g/mol. The van der Waals surface area contributed by atoms with Crippen LogP contribution in [0, 0.1) is 6.92 Å². The second kappa shape index (κ2) is 9.11. The van der Waals surface area contributed by atoms with Crippen LogP contribution in [-0.2, 0) is 9.59 Å². The molecule has 1 aromatic carbocycles. The third-order valence-electron chi connectivity index (χ3n) is 4.00. The van der Waals surface area contributed by atoms with Gasteiger partial charge in [-0.15, -0.1) is 12.4 Å². The van der Waals surface area contributed by atoms with E-state index in [1.807, 2.05) is 6.92 Å². The lowest BCUT2D eigenvalue weighted by molar-refractivity contribution is -0.145. The highest BCUT2D eigenvalue weighted by Gasteiger charge is 2.29. The van der Waals surface area contributed by atoms with Gasteiger partial charge in [0.1, 0.15) is 11.8 Å². The monoisotopic (exact) mass is 376 g/mol. The molecule has 1 aliphatic rings.